The van der Waals surface area contributed by atoms with Gasteiger partial charge in [0.15, 0.2) is 0 Å². The number of nitrogens with zero attached hydrogens (tertiary/aromatic N) is 2. The maximum Gasteiger partial charge on any atom is 0.224 e. The lowest BCUT2D eigenvalue weighted by atomic mass is 10.2. The fourth-order valence-corrected chi connectivity index (χ4v) is 4.03. The Morgan fingerprint density at radius 3 is 3.04 bits per heavy atom. The van der Waals surface area contributed by atoms with Gasteiger partial charge in [-0.25, -0.2) is 9.97 Å². The summed E-state index contributed by atoms with van der Waals surface area (Å²) in [5.41, 5.74) is 1.98. The SMILES string of the molecule is CC(NC(=O)C1CC1c1nc2ccccc2[nH]1)c1ncc(Br)s1. The first-order valence-corrected chi connectivity index (χ1v) is 9.09. The number of para-hydroxylation sites is 2. The number of rotatable bonds is 4. The van der Waals surface area contributed by atoms with E-state index in [2.05, 4.69) is 36.2 Å². The molecule has 0 saturated heterocycles. The van der Waals surface area contributed by atoms with Gasteiger partial charge in [-0.05, 0) is 41.4 Å². The number of aromatic nitrogens is 3. The standard InChI is InChI=1S/C16H15BrN4OS/c1-8(16-18-7-13(17)23-16)19-15(22)10-6-9(10)14-20-11-4-2-3-5-12(11)21-14/h2-5,7-10H,6H2,1H3,(H,19,22)(H,20,21). The van der Waals surface area contributed by atoms with Crippen LogP contribution in [0.25, 0.3) is 11.0 Å². The van der Waals surface area contributed by atoms with E-state index in [4.69, 9.17) is 0 Å². The van der Waals surface area contributed by atoms with E-state index in [1.54, 1.807) is 17.5 Å². The Labute approximate surface area is 145 Å². The van der Waals surface area contributed by atoms with Gasteiger partial charge >= 0.3 is 0 Å². The lowest BCUT2D eigenvalue weighted by molar-refractivity contribution is -0.123. The van der Waals surface area contributed by atoms with E-state index in [0.29, 0.717) is 0 Å². The third-order valence-corrected chi connectivity index (χ3v) is 5.77. The number of amides is 1. The van der Waals surface area contributed by atoms with Crippen LogP contribution in [-0.4, -0.2) is 20.9 Å². The third-order valence-electron chi connectivity index (χ3n) is 4.11. The van der Waals surface area contributed by atoms with Gasteiger partial charge in [0.25, 0.3) is 0 Å². The number of imidazole rings is 1. The molecule has 0 radical (unpaired) electrons. The zero-order valence-electron chi connectivity index (χ0n) is 12.4. The predicted molar refractivity (Wildman–Crippen MR) is 93.3 cm³/mol. The van der Waals surface area contributed by atoms with E-state index in [9.17, 15) is 4.79 Å². The van der Waals surface area contributed by atoms with E-state index >= 15 is 0 Å². The van der Waals surface area contributed by atoms with Crippen molar-refractivity contribution in [1.29, 1.82) is 0 Å². The molecule has 2 aromatic heterocycles. The number of aromatic amines is 1. The van der Waals surface area contributed by atoms with Gasteiger partial charge < -0.3 is 10.3 Å². The molecule has 1 fully saturated rings. The van der Waals surface area contributed by atoms with Crippen LogP contribution < -0.4 is 5.32 Å². The molecule has 1 saturated carbocycles. The molecule has 1 aliphatic rings. The van der Waals surface area contributed by atoms with Crippen molar-refractivity contribution in [2.24, 2.45) is 5.92 Å². The van der Waals surface area contributed by atoms with Crippen LogP contribution in [0, 0.1) is 5.92 Å². The normalized spacial score (nSPS) is 21.3. The van der Waals surface area contributed by atoms with Gasteiger partial charge in [0, 0.05) is 11.8 Å². The maximum atomic E-state index is 12.4. The summed E-state index contributed by atoms with van der Waals surface area (Å²) in [6.07, 6.45) is 2.61. The number of hydrogen-bond acceptors (Lipinski definition) is 4. The number of benzene rings is 1. The molecule has 4 rings (SSSR count). The second-order valence-electron chi connectivity index (χ2n) is 5.82. The van der Waals surface area contributed by atoms with Crippen molar-refractivity contribution < 1.29 is 4.79 Å². The predicted octanol–water partition coefficient (Wildman–Crippen LogP) is 3.76. The van der Waals surface area contributed by atoms with E-state index in [-0.39, 0.29) is 23.8 Å². The molecule has 2 heterocycles. The van der Waals surface area contributed by atoms with Crippen molar-refractivity contribution in [2.45, 2.75) is 25.3 Å². The Kier molecular flexibility index (Phi) is 3.69. The summed E-state index contributed by atoms with van der Waals surface area (Å²) in [5.74, 6) is 1.18. The average Bonchev–Trinajstić information content (AvgIpc) is 3.03. The number of halogens is 1. The molecule has 118 valence electrons. The molecule has 0 bridgehead atoms. The molecule has 23 heavy (non-hydrogen) atoms. The van der Waals surface area contributed by atoms with Crippen LogP contribution in [0.2, 0.25) is 0 Å². The Balaban J connectivity index is 1.43. The minimum absolute atomic E-state index is 0.00131. The zero-order valence-corrected chi connectivity index (χ0v) is 14.8. The summed E-state index contributed by atoms with van der Waals surface area (Å²) in [7, 11) is 0. The van der Waals surface area contributed by atoms with Crippen LogP contribution >= 0.6 is 27.3 Å². The van der Waals surface area contributed by atoms with Crippen molar-refractivity contribution in [2.75, 3.05) is 0 Å². The molecule has 7 heteroatoms. The van der Waals surface area contributed by atoms with Gasteiger partial charge in [-0.1, -0.05) is 12.1 Å². The van der Waals surface area contributed by atoms with E-state index in [0.717, 1.165) is 32.1 Å². The lowest BCUT2D eigenvalue weighted by Gasteiger charge is -2.10. The summed E-state index contributed by atoms with van der Waals surface area (Å²) in [6, 6.07) is 7.87. The maximum absolute atomic E-state index is 12.4. The number of carbonyl (C=O) groups is 1. The second kappa shape index (κ2) is 5.72. The van der Waals surface area contributed by atoms with E-state index in [1.165, 1.54) is 0 Å². The van der Waals surface area contributed by atoms with Crippen LogP contribution in [0.4, 0.5) is 0 Å². The summed E-state index contributed by atoms with van der Waals surface area (Å²) in [4.78, 5) is 24.6. The van der Waals surface area contributed by atoms with Crippen LogP contribution in [0.15, 0.2) is 34.2 Å². The highest BCUT2D eigenvalue weighted by molar-refractivity contribution is 9.11. The summed E-state index contributed by atoms with van der Waals surface area (Å²) >= 11 is 4.94. The summed E-state index contributed by atoms with van der Waals surface area (Å²) in [5, 5.41) is 3.96. The molecule has 1 aliphatic carbocycles. The van der Waals surface area contributed by atoms with Gasteiger partial charge in [0.05, 0.1) is 27.1 Å². The monoisotopic (exact) mass is 390 g/mol. The highest BCUT2D eigenvalue weighted by Gasteiger charge is 2.46. The number of fused-ring (bicyclic) bond motifs is 1. The summed E-state index contributed by atoms with van der Waals surface area (Å²) < 4.78 is 0.972. The Morgan fingerprint density at radius 1 is 1.48 bits per heavy atom. The van der Waals surface area contributed by atoms with E-state index in [1.807, 2.05) is 31.2 Å². The number of hydrogen-bond donors (Lipinski definition) is 2. The topological polar surface area (TPSA) is 70.7 Å². The van der Waals surface area contributed by atoms with Gasteiger partial charge in [-0.3, -0.25) is 4.79 Å². The molecule has 1 aromatic carbocycles. The van der Waals surface area contributed by atoms with Gasteiger partial charge in [0.1, 0.15) is 10.8 Å². The fraction of sp³-hybridized carbons (Fsp3) is 0.312. The van der Waals surface area contributed by atoms with Gasteiger partial charge in [-0.15, -0.1) is 11.3 Å². The molecule has 0 aliphatic heterocycles. The zero-order chi connectivity index (χ0) is 16.0. The lowest BCUT2D eigenvalue weighted by Crippen LogP contribution is -2.28. The quantitative estimate of drug-likeness (QED) is 0.712. The minimum atomic E-state index is -0.0734. The average molecular weight is 391 g/mol. The van der Waals surface area contributed by atoms with Crippen molar-refractivity contribution in [1.82, 2.24) is 20.3 Å². The molecule has 0 spiro atoms. The first-order valence-electron chi connectivity index (χ1n) is 7.48. The highest BCUT2D eigenvalue weighted by Crippen LogP contribution is 2.47. The first-order chi connectivity index (χ1) is 11.1. The number of nitrogens with one attached hydrogen (secondary N) is 2. The minimum Gasteiger partial charge on any atom is -0.347 e. The van der Waals surface area contributed by atoms with Crippen molar-refractivity contribution in [3.63, 3.8) is 0 Å². The van der Waals surface area contributed by atoms with Gasteiger partial charge in [0.2, 0.25) is 5.91 Å². The molecular formula is C16H15BrN4OS. The molecule has 5 nitrogen and oxygen atoms in total. The summed E-state index contributed by atoms with van der Waals surface area (Å²) in [6.45, 7) is 1.96. The molecule has 2 N–H and O–H groups in total. The first kappa shape index (κ1) is 14.8. The molecular weight excluding hydrogens is 376 g/mol. The highest BCUT2D eigenvalue weighted by atomic mass is 79.9. The van der Waals surface area contributed by atoms with Crippen LogP contribution in [0.1, 0.15) is 36.1 Å². The van der Waals surface area contributed by atoms with Crippen molar-refractivity contribution >= 4 is 44.2 Å². The molecule has 3 atom stereocenters. The van der Waals surface area contributed by atoms with Crippen molar-refractivity contribution in [3.05, 3.63) is 45.1 Å². The smallest absolute Gasteiger partial charge is 0.224 e. The number of H-pyrrole nitrogens is 1. The van der Waals surface area contributed by atoms with E-state index < -0.39 is 0 Å². The molecule has 3 aromatic rings. The number of thiazole rings is 1. The van der Waals surface area contributed by atoms with Gasteiger partial charge in [-0.2, -0.15) is 0 Å². The molecule has 3 unspecified atom stereocenters. The van der Waals surface area contributed by atoms with Crippen LogP contribution in [-0.2, 0) is 4.79 Å². The molecule has 1 amide bonds. The second-order valence-corrected chi connectivity index (χ2v) is 8.26. The third kappa shape index (κ3) is 2.90. The van der Waals surface area contributed by atoms with Crippen LogP contribution in [0.3, 0.4) is 0 Å². The Bertz CT molecular complexity index is 841. The largest absolute Gasteiger partial charge is 0.347 e. The fourth-order valence-electron chi connectivity index (χ4n) is 2.78. The number of carbonyl (C=O) groups excluding carboxylic acids is 1. The van der Waals surface area contributed by atoms with Crippen LogP contribution in [0.5, 0.6) is 0 Å². The van der Waals surface area contributed by atoms with Crippen molar-refractivity contribution in [3.8, 4) is 0 Å². The Hall–Kier alpha value is -1.73. The Morgan fingerprint density at radius 2 is 2.30 bits per heavy atom.